The Balaban J connectivity index is 1.97. The highest BCUT2D eigenvalue weighted by molar-refractivity contribution is 4.96. The van der Waals surface area contributed by atoms with Crippen molar-refractivity contribution in [2.75, 3.05) is 13.1 Å². The molecular weight excluding hydrogens is 214 g/mol. The van der Waals surface area contributed by atoms with Crippen molar-refractivity contribution in [1.82, 2.24) is 15.1 Å². The molecule has 0 radical (unpaired) electrons. The highest BCUT2D eigenvalue weighted by atomic mass is 16.4. The SMILES string of the molecule is C[C@H]1CCCN(Cc2nnc(C(C)(C)C)o2)C1. The van der Waals surface area contributed by atoms with Crippen LogP contribution < -0.4 is 0 Å². The molecule has 0 amide bonds. The summed E-state index contributed by atoms with van der Waals surface area (Å²) in [5.41, 5.74) is -0.0551. The van der Waals surface area contributed by atoms with Crippen LogP contribution >= 0.6 is 0 Å². The average molecular weight is 237 g/mol. The Morgan fingerprint density at radius 2 is 2.12 bits per heavy atom. The van der Waals surface area contributed by atoms with E-state index in [0.29, 0.717) is 0 Å². The first kappa shape index (κ1) is 12.6. The van der Waals surface area contributed by atoms with Crippen molar-refractivity contribution < 1.29 is 4.42 Å². The first-order valence-corrected chi connectivity index (χ1v) is 6.50. The monoisotopic (exact) mass is 237 g/mol. The molecule has 0 bridgehead atoms. The minimum atomic E-state index is -0.0551. The van der Waals surface area contributed by atoms with Gasteiger partial charge >= 0.3 is 0 Å². The molecule has 1 saturated heterocycles. The van der Waals surface area contributed by atoms with Crippen LogP contribution in [-0.4, -0.2) is 28.2 Å². The van der Waals surface area contributed by atoms with Gasteiger partial charge < -0.3 is 4.42 Å². The normalized spacial score (nSPS) is 22.9. The van der Waals surface area contributed by atoms with E-state index >= 15 is 0 Å². The van der Waals surface area contributed by atoms with Crippen LogP contribution in [0.15, 0.2) is 4.42 Å². The van der Waals surface area contributed by atoms with Gasteiger partial charge in [0.15, 0.2) is 0 Å². The molecule has 0 spiro atoms. The molecule has 4 nitrogen and oxygen atoms in total. The lowest BCUT2D eigenvalue weighted by Gasteiger charge is -2.29. The Morgan fingerprint density at radius 1 is 1.35 bits per heavy atom. The van der Waals surface area contributed by atoms with Crippen LogP contribution in [0.4, 0.5) is 0 Å². The fourth-order valence-electron chi connectivity index (χ4n) is 2.24. The summed E-state index contributed by atoms with van der Waals surface area (Å²) in [6.45, 7) is 11.7. The van der Waals surface area contributed by atoms with Crippen LogP contribution in [0.1, 0.15) is 52.3 Å². The van der Waals surface area contributed by atoms with Gasteiger partial charge in [-0.25, -0.2) is 0 Å². The van der Waals surface area contributed by atoms with E-state index in [4.69, 9.17) is 4.42 Å². The number of hydrogen-bond donors (Lipinski definition) is 0. The Hall–Kier alpha value is -0.900. The van der Waals surface area contributed by atoms with Gasteiger partial charge in [0.2, 0.25) is 11.8 Å². The lowest BCUT2D eigenvalue weighted by atomic mass is 9.97. The summed E-state index contributed by atoms with van der Waals surface area (Å²) >= 11 is 0. The second-order valence-electron chi connectivity index (χ2n) is 6.23. The molecule has 0 aliphatic carbocycles. The van der Waals surface area contributed by atoms with Crippen LogP contribution in [0.3, 0.4) is 0 Å². The Labute approximate surface area is 103 Å². The first-order chi connectivity index (χ1) is 7.95. The van der Waals surface area contributed by atoms with E-state index in [-0.39, 0.29) is 5.41 Å². The molecule has 0 aromatic carbocycles. The van der Waals surface area contributed by atoms with Crippen molar-refractivity contribution in [3.05, 3.63) is 11.8 Å². The predicted molar refractivity (Wildman–Crippen MR) is 66.7 cm³/mol. The highest BCUT2D eigenvalue weighted by Gasteiger charge is 2.23. The minimum Gasteiger partial charge on any atom is -0.423 e. The van der Waals surface area contributed by atoms with Gasteiger partial charge in [-0.15, -0.1) is 10.2 Å². The fraction of sp³-hybridized carbons (Fsp3) is 0.846. The molecule has 1 aliphatic heterocycles. The van der Waals surface area contributed by atoms with Gasteiger partial charge in [0, 0.05) is 12.0 Å². The zero-order chi connectivity index (χ0) is 12.5. The number of aromatic nitrogens is 2. The van der Waals surface area contributed by atoms with E-state index in [0.717, 1.165) is 37.3 Å². The third-order valence-electron chi connectivity index (χ3n) is 3.21. The van der Waals surface area contributed by atoms with E-state index in [2.05, 4.69) is 42.8 Å². The van der Waals surface area contributed by atoms with Gasteiger partial charge in [-0.1, -0.05) is 27.7 Å². The molecular formula is C13H23N3O. The van der Waals surface area contributed by atoms with E-state index < -0.39 is 0 Å². The standard InChI is InChI=1S/C13H23N3O/c1-10-6-5-7-16(8-10)9-11-14-15-12(17-11)13(2,3)4/h10H,5-9H2,1-4H3/t10-/m0/s1. The molecule has 17 heavy (non-hydrogen) atoms. The summed E-state index contributed by atoms with van der Waals surface area (Å²) in [5, 5.41) is 8.27. The van der Waals surface area contributed by atoms with Crippen molar-refractivity contribution >= 4 is 0 Å². The van der Waals surface area contributed by atoms with E-state index in [1.54, 1.807) is 0 Å². The molecule has 1 aliphatic rings. The quantitative estimate of drug-likeness (QED) is 0.793. The van der Waals surface area contributed by atoms with Crippen molar-refractivity contribution in [1.29, 1.82) is 0 Å². The van der Waals surface area contributed by atoms with Gasteiger partial charge in [-0.3, -0.25) is 4.90 Å². The van der Waals surface area contributed by atoms with Crippen LogP contribution in [-0.2, 0) is 12.0 Å². The largest absolute Gasteiger partial charge is 0.423 e. The zero-order valence-corrected chi connectivity index (χ0v) is 11.4. The summed E-state index contributed by atoms with van der Waals surface area (Å²) in [6.07, 6.45) is 2.62. The first-order valence-electron chi connectivity index (χ1n) is 6.50. The predicted octanol–water partition coefficient (Wildman–Crippen LogP) is 2.60. The molecule has 4 heteroatoms. The molecule has 2 heterocycles. The molecule has 2 rings (SSSR count). The van der Waals surface area contributed by atoms with Gasteiger partial charge in [0.1, 0.15) is 0 Å². The van der Waals surface area contributed by atoms with E-state index in [1.807, 2.05) is 0 Å². The second kappa shape index (κ2) is 4.77. The number of likely N-dealkylation sites (tertiary alicyclic amines) is 1. The third kappa shape index (κ3) is 3.28. The molecule has 1 fully saturated rings. The summed E-state index contributed by atoms with van der Waals surface area (Å²) in [4.78, 5) is 2.41. The van der Waals surface area contributed by atoms with Crippen molar-refractivity contribution in [2.45, 2.75) is 52.5 Å². The van der Waals surface area contributed by atoms with Crippen molar-refractivity contribution in [2.24, 2.45) is 5.92 Å². The maximum Gasteiger partial charge on any atom is 0.230 e. The van der Waals surface area contributed by atoms with Crippen LogP contribution in [0, 0.1) is 5.92 Å². The topological polar surface area (TPSA) is 42.2 Å². The van der Waals surface area contributed by atoms with Crippen LogP contribution in [0.25, 0.3) is 0 Å². The lowest BCUT2D eigenvalue weighted by Crippen LogP contribution is -2.33. The maximum atomic E-state index is 5.72. The highest BCUT2D eigenvalue weighted by Crippen LogP contribution is 2.22. The summed E-state index contributed by atoms with van der Waals surface area (Å²) in [6, 6.07) is 0. The minimum absolute atomic E-state index is 0.0551. The number of piperidine rings is 1. The van der Waals surface area contributed by atoms with Gasteiger partial charge in [0.05, 0.1) is 6.54 Å². The Kier molecular flexibility index (Phi) is 3.52. The van der Waals surface area contributed by atoms with Gasteiger partial charge in [0.25, 0.3) is 0 Å². The van der Waals surface area contributed by atoms with Gasteiger partial charge in [-0.05, 0) is 25.3 Å². The molecule has 96 valence electrons. The molecule has 0 N–H and O–H groups in total. The summed E-state index contributed by atoms with van der Waals surface area (Å²) < 4.78 is 5.72. The third-order valence-corrected chi connectivity index (χ3v) is 3.21. The smallest absolute Gasteiger partial charge is 0.230 e. The van der Waals surface area contributed by atoms with Crippen molar-refractivity contribution in [3.8, 4) is 0 Å². The Bertz CT molecular complexity index is 367. The average Bonchev–Trinajstić information content (AvgIpc) is 2.65. The maximum absolute atomic E-state index is 5.72. The fourth-order valence-corrected chi connectivity index (χ4v) is 2.24. The number of rotatable bonds is 2. The summed E-state index contributed by atoms with van der Waals surface area (Å²) in [7, 11) is 0. The summed E-state index contributed by atoms with van der Waals surface area (Å²) in [5.74, 6) is 2.27. The van der Waals surface area contributed by atoms with E-state index in [1.165, 1.54) is 12.8 Å². The molecule has 0 saturated carbocycles. The second-order valence-corrected chi connectivity index (χ2v) is 6.23. The molecule has 1 aromatic heterocycles. The number of nitrogens with zero attached hydrogens (tertiary/aromatic N) is 3. The van der Waals surface area contributed by atoms with Crippen LogP contribution in [0.5, 0.6) is 0 Å². The molecule has 1 aromatic rings. The number of hydrogen-bond acceptors (Lipinski definition) is 4. The molecule has 0 unspecified atom stereocenters. The van der Waals surface area contributed by atoms with Crippen LogP contribution in [0.2, 0.25) is 0 Å². The Morgan fingerprint density at radius 3 is 2.71 bits per heavy atom. The van der Waals surface area contributed by atoms with Crippen molar-refractivity contribution in [3.63, 3.8) is 0 Å². The zero-order valence-electron chi connectivity index (χ0n) is 11.4. The van der Waals surface area contributed by atoms with Gasteiger partial charge in [-0.2, -0.15) is 0 Å². The molecule has 1 atom stereocenters. The van der Waals surface area contributed by atoms with E-state index in [9.17, 15) is 0 Å². The lowest BCUT2D eigenvalue weighted by molar-refractivity contribution is 0.160.